The van der Waals surface area contributed by atoms with Crippen molar-refractivity contribution in [3.05, 3.63) is 33.3 Å². The average Bonchev–Trinajstić information content (AvgIpc) is 2.18. The van der Waals surface area contributed by atoms with E-state index in [2.05, 4.69) is 15.9 Å². The molecule has 1 nitrogen and oxygen atoms in total. The van der Waals surface area contributed by atoms with E-state index < -0.39 is 17.7 Å². The maximum Gasteiger partial charge on any atom is 0.143 e. The number of hydrogen-bond acceptors (Lipinski definition) is 1. The van der Waals surface area contributed by atoms with Crippen molar-refractivity contribution in [2.45, 2.75) is 31.8 Å². The van der Waals surface area contributed by atoms with Crippen LogP contribution in [0.1, 0.15) is 42.9 Å². The monoisotopic (exact) mass is 276 g/mol. The molecule has 0 aromatic heterocycles. The van der Waals surface area contributed by atoms with Crippen LogP contribution in [0.25, 0.3) is 0 Å². The van der Waals surface area contributed by atoms with Gasteiger partial charge in [0.15, 0.2) is 0 Å². The molecule has 82 valence electrons. The fourth-order valence-corrected chi connectivity index (χ4v) is 2.57. The molecule has 0 radical (unpaired) electrons. The van der Waals surface area contributed by atoms with Gasteiger partial charge in [-0.05, 0) is 46.3 Å². The Kier molecular flexibility index (Phi) is 2.81. The summed E-state index contributed by atoms with van der Waals surface area (Å²) in [5.41, 5.74) is 0.454. The molecule has 0 bridgehead atoms. The normalized spacial score (nSPS) is 25.1. The van der Waals surface area contributed by atoms with Crippen LogP contribution in [-0.2, 0) is 0 Å². The lowest BCUT2D eigenvalue weighted by atomic mass is 9.81. The third kappa shape index (κ3) is 1.70. The first-order chi connectivity index (χ1) is 7.02. The molecule has 1 aromatic rings. The molecule has 0 aliphatic heterocycles. The van der Waals surface area contributed by atoms with Crippen LogP contribution in [0.3, 0.4) is 0 Å². The van der Waals surface area contributed by atoms with Crippen LogP contribution in [0, 0.1) is 11.6 Å². The van der Waals surface area contributed by atoms with Crippen molar-refractivity contribution < 1.29 is 13.9 Å². The minimum Gasteiger partial charge on any atom is -0.388 e. The van der Waals surface area contributed by atoms with Gasteiger partial charge in [-0.2, -0.15) is 0 Å². The van der Waals surface area contributed by atoms with Crippen molar-refractivity contribution in [1.29, 1.82) is 0 Å². The lowest BCUT2D eigenvalue weighted by Gasteiger charge is -2.27. The molecule has 1 aliphatic carbocycles. The van der Waals surface area contributed by atoms with Crippen molar-refractivity contribution in [2.75, 3.05) is 0 Å². The summed E-state index contributed by atoms with van der Waals surface area (Å²) in [5.74, 6) is -1.01. The maximum absolute atomic E-state index is 13.7. The molecular weight excluding hydrogens is 266 g/mol. The van der Waals surface area contributed by atoms with Crippen LogP contribution in [0.15, 0.2) is 10.5 Å². The number of benzene rings is 1. The first-order valence-electron chi connectivity index (χ1n) is 4.87. The fourth-order valence-electron chi connectivity index (χ4n) is 2.15. The van der Waals surface area contributed by atoms with Crippen LogP contribution in [0.4, 0.5) is 8.78 Å². The molecule has 15 heavy (non-hydrogen) atoms. The Bertz CT molecular complexity index is 406. The van der Waals surface area contributed by atoms with E-state index in [-0.39, 0.29) is 16.0 Å². The summed E-state index contributed by atoms with van der Waals surface area (Å²) in [7, 11) is 0. The SMILES string of the molecule is CC1CCC(O)c2c(F)c(Br)cc(F)c21. The first-order valence-corrected chi connectivity index (χ1v) is 5.67. The summed E-state index contributed by atoms with van der Waals surface area (Å²) in [4.78, 5) is 0. The third-order valence-corrected chi connectivity index (χ3v) is 3.52. The summed E-state index contributed by atoms with van der Waals surface area (Å²) in [6.07, 6.45) is 0.288. The molecular formula is C11H11BrF2O. The van der Waals surface area contributed by atoms with Gasteiger partial charge in [-0.15, -0.1) is 0 Å². The van der Waals surface area contributed by atoms with Crippen LogP contribution >= 0.6 is 15.9 Å². The summed E-state index contributed by atoms with van der Waals surface area (Å²) in [6.45, 7) is 1.85. The Morgan fingerprint density at radius 3 is 2.67 bits per heavy atom. The molecule has 0 heterocycles. The number of halogens is 3. The van der Waals surface area contributed by atoms with E-state index in [9.17, 15) is 13.9 Å². The Morgan fingerprint density at radius 1 is 1.33 bits per heavy atom. The second-order valence-electron chi connectivity index (χ2n) is 3.98. The van der Waals surface area contributed by atoms with Gasteiger partial charge in [0.25, 0.3) is 0 Å². The minimum absolute atomic E-state index is 0.0361. The molecule has 2 rings (SSSR count). The first kappa shape index (κ1) is 11.0. The van der Waals surface area contributed by atoms with Gasteiger partial charge in [0.05, 0.1) is 10.6 Å². The molecule has 1 N–H and O–H groups in total. The van der Waals surface area contributed by atoms with Crippen molar-refractivity contribution in [1.82, 2.24) is 0 Å². The zero-order valence-corrected chi connectivity index (χ0v) is 9.81. The Balaban J connectivity index is 2.71. The molecule has 4 heteroatoms. The quantitative estimate of drug-likeness (QED) is 0.717. The summed E-state index contributed by atoms with van der Waals surface area (Å²) < 4.78 is 27.4. The second kappa shape index (κ2) is 3.83. The Hall–Kier alpha value is -0.480. The van der Waals surface area contributed by atoms with Crippen LogP contribution in [0.5, 0.6) is 0 Å². The molecule has 2 atom stereocenters. The molecule has 0 saturated carbocycles. The van der Waals surface area contributed by atoms with Gasteiger partial charge in [-0.25, -0.2) is 8.78 Å². The number of rotatable bonds is 0. The van der Waals surface area contributed by atoms with E-state index in [0.29, 0.717) is 18.4 Å². The van der Waals surface area contributed by atoms with Gasteiger partial charge >= 0.3 is 0 Å². The lowest BCUT2D eigenvalue weighted by molar-refractivity contribution is 0.145. The van der Waals surface area contributed by atoms with Crippen molar-refractivity contribution in [3.8, 4) is 0 Å². The van der Waals surface area contributed by atoms with Crippen LogP contribution < -0.4 is 0 Å². The molecule has 0 spiro atoms. The number of aliphatic hydroxyl groups excluding tert-OH is 1. The van der Waals surface area contributed by atoms with E-state index >= 15 is 0 Å². The second-order valence-corrected chi connectivity index (χ2v) is 4.83. The van der Waals surface area contributed by atoms with Crippen LogP contribution in [0.2, 0.25) is 0 Å². The fraction of sp³-hybridized carbons (Fsp3) is 0.455. The molecule has 1 aliphatic rings. The van der Waals surface area contributed by atoms with Crippen LogP contribution in [-0.4, -0.2) is 5.11 Å². The van der Waals surface area contributed by atoms with Gasteiger partial charge in [0, 0.05) is 5.56 Å². The van der Waals surface area contributed by atoms with E-state index in [1.54, 1.807) is 0 Å². The molecule has 2 unspecified atom stereocenters. The molecule has 0 saturated heterocycles. The van der Waals surface area contributed by atoms with E-state index in [4.69, 9.17) is 0 Å². The smallest absolute Gasteiger partial charge is 0.143 e. The Morgan fingerprint density at radius 2 is 2.00 bits per heavy atom. The minimum atomic E-state index is -0.886. The van der Waals surface area contributed by atoms with E-state index in [1.165, 1.54) is 0 Å². The number of fused-ring (bicyclic) bond motifs is 1. The number of hydrogen-bond donors (Lipinski definition) is 1. The van der Waals surface area contributed by atoms with Gasteiger partial charge < -0.3 is 5.11 Å². The van der Waals surface area contributed by atoms with E-state index in [0.717, 1.165) is 6.07 Å². The predicted molar refractivity (Wildman–Crippen MR) is 56.7 cm³/mol. The largest absolute Gasteiger partial charge is 0.388 e. The van der Waals surface area contributed by atoms with Crippen molar-refractivity contribution in [3.63, 3.8) is 0 Å². The zero-order valence-electron chi connectivity index (χ0n) is 8.23. The van der Waals surface area contributed by atoms with Gasteiger partial charge in [0.1, 0.15) is 11.6 Å². The number of aliphatic hydroxyl groups is 1. The highest BCUT2D eigenvalue weighted by Crippen LogP contribution is 2.41. The molecule has 0 amide bonds. The molecule has 1 aromatic carbocycles. The van der Waals surface area contributed by atoms with Gasteiger partial charge in [-0.1, -0.05) is 6.92 Å². The van der Waals surface area contributed by atoms with Gasteiger partial charge in [-0.3, -0.25) is 0 Å². The van der Waals surface area contributed by atoms with Crippen molar-refractivity contribution in [2.24, 2.45) is 0 Å². The zero-order chi connectivity index (χ0) is 11.2. The third-order valence-electron chi connectivity index (χ3n) is 2.95. The lowest BCUT2D eigenvalue weighted by Crippen LogP contribution is -2.16. The summed E-state index contributed by atoms with van der Waals surface area (Å²) >= 11 is 2.95. The molecule has 0 fully saturated rings. The predicted octanol–water partition coefficient (Wildman–Crippen LogP) is 3.66. The highest BCUT2D eigenvalue weighted by Gasteiger charge is 2.30. The standard InChI is InChI=1S/C11H11BrF2O/c1-5-2-3-8(15)10-9(5)7(13)4-6(12)11(10)14/h4-5,8,15H,2-3H2,1H3. The van der Waals surface area contributed by atoms with E-state index in [1.807, 2.05) is 6.92 Å². The Labute approximate surface area is 95.2 Å². The summed E-state index contributed by atoms with van der Waals surface area (Å²) in [5, 5.41) is 9.68. The topological polar surface area (TPSA) is 20.2 Å². The highest BCUT2D eigenvalue weighted by molar-refractivity contribution is 9.10. The van der Waals surface area contributed by atoms with Crippen molar-refractivity contribution >= 4 is 15.9 Å². The summed E-state index contributed by atoms with van der Waals surface area (Å²) in [6, 6.07) is 1.13. The van der Waals surface area contributed by atoms with Gasteiger partial charge in [0.2, 0.25) is 0 Å². The highest BCUT2D eigenvalue weighted by atomic mass is 79.9. The maximum atomic E-state index is 13.7. The average molecular weight is 277 g/mol.